The maximum Gasteiger partial charge on any atom is 0.416 e. The van der Waals surface area contributed by atoms with Crippen LogP contribution in [0.15, 0.2) is 41.4 Å². The molecule has 0 saturated carbocycles. The number of alkyl halides is 6. The molecule has 7 nitrogen and oxygen atoms in total. The average molecular weight is 659 g/mol. The Hall–Kier alpha value is -2.97. The Kier molecular flexibility index (Phi) is 10.5. The van der Waals surface area contributed by atoms with Gasteiger partial charge in [-0.05, 0) is 62.2 Å². The maximum absolute atomic E-state index is 13.5. The number of amidine groups is 1. The molecule has 0 radical (unpaired) electrons. The molecule has 5 rings (SSSR count). The number of halogens is 6. The van der Waals surface area contributed by atoms with Crippen molar-refractivity contribution in [1.82, 2.24) is 14.7 Å². The highest BCUT2D eigenvalue weighted by atomic mass is 32.2. The lowest BCUT2D eigenvalue weighted by Gasteiger charge is -2.37. The lowest BCUT2D eigenvalue weighted by Crippen LogP contribution is -2.49. The third-order valence-corrected chi connectivity index (χ3v) is 9.54. The lowest BCUT2D eigenvalue weighted by atomic mass is 10.0. The van der Waals surface area contributed by atoms with Crippen molar-refractivity contribution in [3.05, 3.63) is 58.7 Å². The van der Waals surface area contributed by atoms with Gasteiger partial charge < -0.3 is 19.3 Å². The standard InChI is InChI=1S/C31H36F6N4O3S/c1-43-26-17-21(5-8-25(26)44-20-22-6-7-23(30(32,33)34)19-24(22)31(35,36)37)18-27-28(42)38-29(45-27)41-15-13-40(14-16-41)12-11-39-9-3-2-4-10-39/h5-8,17,19,27H,2-4,9-16,18,20H2,1H3. The zero-order chi connectivity index (χ0) is 32.2. The second-order valence-corrected chi connectivity index (χ2v) is 12.6. The van der Waals surface area contributed by atoms with Crippen molar-refractivity contribution in [2.45, 2.75) is 49.9 Å². The number of thioether (sulfide) groups is 1. The van der Waals surface area contributed by atoms with E-state index in [0.29, 0.717) is 12.5 Å². The van der Waals surface area contributed by atoms with Crippen LogP contribution in [0.5, 0.6) is 11.5 Å². The number of likely N-dealkylation sites (tertiary alicyclic amines) is 1. The van der Waals surface area contributed by atoms with Crippen molar-refractivity contribution in [3.8, 4) is 11.5 Å². The zero-order valence-electron chi connectivity index (χ0n) is 24.9. The third-order valence-electron chi connectivity index (χ3n) is 8.33. The van der Waals surface area contributed by atoms with Gasteiger partial charge in [-0.25, -0.2) is 0 Å². The van der Waals surface area contributed by atoms with E-state index in [1.165, 1.54) is 57.3 Å². The summed E-state index contributed by atoms with van der Waals surface area (Å²) in [6, 6.07) is 6.28. The molecule has 0 aliphatic carbocycles. The number of methoxy groups -OCH3 is 1. The van der Waals surface area contributed by atoms with Gasteiger partial charge in [0.05, 0.1) is 23.5 Å². The molecule has 1 amide bonds. The molecule has 2 saturated heterocycles. The molecule has 2 fully saturated rings. The highest BCUT2D eigenvalue weighted by Gasteiger charge is 2.38. The molecule has 246 valence electrons. The quantitative estimate of drug-likeness (QED) is 0.309. The Morgan fingerprint density at radius 1 is 0.844 bits per heavy atom. The highest BCUT2D eigenvalue weighted by Crippen LogP contribution is 2.38. The summed E-state index contributed by atoms with van der Waals surface area (Å²) in [6.45, 7) is 7.33. The molecule has 1 unspecified atom stereocenters. The Balaban J connectivity index is 1.14. The molecule has 0 N–H and O–H groups in total. The first-order chi connectivity index (χ1) is 21.4. The summed E-state index contributed by atoms with van der Waals surface area (Å²) in [7, 11) is 1.37. The predicted molar refractivity (Wildman–Crippen MR) is 160 cm³/mol. The van der Waals surface area contributed by atoms with E-state index in [-0.39, 0.29) is 23.5 Å². The van der Waals surface area contributed by atoms with Gasteiger partial charge in [-0.2, -0.15) is 31.3 Å². The summed E-state index contributed by atoms with van der Waals surface area (Å²) >= 11 is 1.43. The van der Waals surface area contributed by atoms with Crippen LogP contribution in [0.3, 0.4) is 0 Å². The SMILES string of the molecule is COc1cc(CC2SC(N3CCN(CCN4CCCCC4)CC3)=NC2=O)ccc1OCc1ccc(C(F)(F)F)cc1C(F)(F)F. The van der Waals surface area contributed by atoms with Gasteiger partial charge in [-0.15, -0.1) is 0 Å². The molecule has 2 aromatic carbocycles. The van der Waals surface area contributed by atoms with E-state index in [1.54, 1.807) is 12.1 Å². The largest absolute Gasteiger partial charge is 0.493 e. The molecular formula is C31H36F6N4O3S. The van der Waals surface area contributed by atoms with Gasteiger partial charge in [-0.1, -0.05) is 30.3 Å². The van der Waals surface area contributed by atoms with Crippen molar-refractivity contribution in [2.75, 3.05) is 59.5 Å². The van der Waals surface area contributed by atoms with Crippen molar-refractivity contribution in [1.29, 1.82) is 0 Å². The number of piperazine rings is 1. The van der Waals surface area contributed by atoms with E-state index >= 15 is 0 Å². The van der Waals surface area contributed by atoms with Gasteiger partial charge in [0, 0.05) is 44.8 Å². The van der Waals surface area contributed by atoms with E-state index in [1.807, 2.05) is 0 Å². The molecule has 45 heavy (non-hydrogen) atoms. The van der Waals surface area contributed by atoms with Crippen LogP contribution in [0.4, 0.5) is 26.3 Å². The zero-order valence-corrected chi connectivity index (χ0v) is 25.7. The topological polar surface area (TPSA) is 57.6 Å². The average Bonchev–Trinajstić information content (AvgIpc) is 3.38. The number of aliphatic imine (C=N–C) groups is 1. The molecule has 3 aliphatic rings. The number of carbonyl (C=O) groups excluding carboxylic acids is 1. The fourth-order valence-corrected chi connectivity index (χ4v) is 6.90. The van der Waals surface area contributed by atoms with Gasteiger partial charge in [0.25, 0.3) is 5.91 Å². The second kappa shape index (κ2) is 14.2. The Morgan fingerprint density at radius 3 is 2.18 bits per heavy atom. The first-order valence-corrected chi connectivity index (χ1v) is 15.8. The van der Waals surface area contributed by atoms with Crippen molar-refractivity contribution in [3.63, 3.8) is 0 Å². The smallest absolute Gasteiger partial charge is 0.416 e. The highest BCUT2D eigenvalue weighted by molar-refractivity contribution is 8.15. The second-order valence-electron chi connectivity index (χ2n) is 11.4. The van der Waals surface area contributed by atoms with Crippen LogP contribution in [-0.4, -0.2) is 90.5 Å². The third kappa shape index (κ3) is 8.64. The van der Waals surface area contributed by atoms with Crippen molar-refractivity contribution < 1.29 is 40.6 Å². The number of nitrogens with zero attached hydrogens (tertiary/aromatic N) is 4. The van der Waals surface area contributed by atoms with E-state index in [2.05, 4.69) is 19.7 Å². The molecular weight excluding hydrogens is 622 g/mol. The number of ether oxygens (including phenoxy) is 2. The van der Waals surface area contributed by atoms with Crippen LogP contribution in [-0.2, 0) is 30.2 Å². The van der Waals surface area contributed by atoms with Gasteiger partial charge in [0.2, 0.25) is 0 Å². The van der Waals surface area contributed by atoms with Gasteiger partial charge in [-0.3, -0.25) is 9.69 Å². The molecule has 0 spiro atoms. The Bertz CT molecular complexity index is 1370. The monoisotopic (exact) mass is 658 g/mol. The minimum Gasteiger partial charge on any atom is -0.493 e. The molecule has 2 aromatic rings. The van der Waals surface area contributed by atoms with Crippen LogP contribution in [0.25, 0.3) is 0 Å². The predicted octanol–water partition coefficient (Wildman–Crippen LogP) is 5.96. The van der Waals surface area contributed by atoms with Crippen LogP contribution in [0.2, 0.25) is 0 Å². The molecule has 1 atom stereocenters. The first kappa shape index (κ1) is 33.4. The molecule has 0 bridgehead atoms. The number of piperidine rings is 1. The number of hydrogen-bond acceptors (Lipinski definition) is 7. The fourth-order valence-electron chi connectivity index (χ4n) is 5.74. The van der Waals surface area contributed by atoms with E-state index in [0.717, 1.165) is 56.1 Å². The molecule has 3 aliphatic heterocycles. The number of rotatable bonds is 9. The van der Waals surface area contributed by atoms with Gasteiger partial charge >= 0.3 is 12.4 Å². The number of hydrogen-bond donors (Lipinski definition) is 0. The summed E-state index contributed by atoms with van der Waals surface area (Å²) in [5.74, 6) is 0.129. The van der Waals surface area contributed by atoms with Crippen molar-refractivity contribution >= 4 is 22.8 Å². The van der Waals surface area contributed by atoms with Crippen LogP contribution < -0.4 is 9.47 Å². The molecule has 14 heteroatoms. The molecule has 0 aromatic heterocycles. The Labute approximate surface area is 262 Å². The van der Waals surface area contributed by atoms with Crippen molar-refractivity contribution in [2.24, 2.45) is 4.99 Å². The summed E-state index contributed by atoms with van der Waals surface area (Å²) in [6.07, 6.45) is -5.66. The van der Waals surface area contributed by atoms with E-state index in [9.17, 15) is 31.1 Å². The van der Waals surface area contributed by atoms with Gasteiger partial charge in [0.1, 0.15) is 6.61 Å². The van der Waals surface area contributed by atoms with Crippen LogP contribution in [0.1, 0.15) is 41.5 Å². The van der Waals surface area contributed by atoms with Gasteiger partial charge in [0.15, 0.2) is 16.7 Å². The lowest BCUT2D eigenvalue weighted by molar-refractivity contribution is -0.143. The van der Waals surface area contributed by atoms with E-state index < -0.39 is 40.9 Å². The first-order valence-electron chi connectivity index (χ1n) is 15.0. The summed E-state index contributed by atoms with van der Waals surface area (Å²) < 4.78 is 90.6. The molecule has 3 heterocycles. The van der Waals surface area contributed by atoms with E-state index in [4.69, 9.17) is 9.47 Å². The Morgan fingerprint density at radius 2 is 1.53 bits per heavy atom. The normalized spacial score (nSPS) is 20.4. The minimum absolute atomic E-state index is 0.0854. The number of carbonyl (C=O) groups is 1. The fraction of sp³-hybridized carbons (Fsp3) is 0.548. The maximum atomic E-state index is 13.5. The summed E-state index contributed by atoms with van der Waals surface area (Å²) in [5, 5.41) is 0.305. The summed E-state index contributed by atoms with van der Waals surface area (Å²) in [4.78, 5) is 24.3. The summed E-state index contributed by atoms with van der Waals surface area (Å²) in [5.41, 5.74) is -2.51. The number of benzene rings is 2. The van der Waals surface area contributed by atoms with Crippen LogP contribution in [0, 0.1) is 0 Å². The minimum atomic E-state index is -5.00. The van der Waals surface area contributed by atoms with Crippen LogP contribution >= 0.6 is 11.8 Å². The number of amides is 1.